The third-order valence-electron chi connectivity index (χ3n) is 4.13. The maximum atomic E-state index is 11.3. The lowest BCUT2D eigenvalue weighted by atomic mass is 9.79. The number of rotatable bonds is 3. The van der Waals surface area contributed by atoms with Gasteiger partial charge in [-0.1, -0.05) is 0 Å². The van der Waals surface area contributed by atoms with E-state index in [4.69, 9.17) is 5.11 Å². The van der Waals surface area contributed by atoms with Gasteiger partial charge in [-0.25, -0.2) is 0 Å². The van der Waals surface area contributed by atoms with Gasteiger partial charge in [0.2, 0.25) is 5.91 Å². The van der Waals surface area contributed by atoms with Gasteiger partial charge in [-0.2, -0.15) is 0 Å². The zero-order valence-electron chi connectivity index (χ0n) is 10.7. The van der Waals surface area contributed by atoms with Crippen molar-refractivity contribution >= 4 is 23.3 Å². The average Bonchev–Trinajstić information content (AvgIpc) is 2.65. The van der Waals surface area contributed by atoms with Gasteiger partial charge >= 0.3 is 5.97 Å². The summed E-state index contributed by atoms with van der Waals surface area (Å²) in [6.07, 6.45) is 1.82. The van der Waals surface area contributed by atoms with Crippen LogP contribution in [0.1, 0.15) is 18.4 Å². The van der Waals surface area contributed by atoms with Crippen molar-refractivity contribution in [1.82, 2.24) is 0 Å². The SMILES string of the molecule is CN(c1ccc2c(c1)CC(=O)N2)C1CC(C(=O)O)C1. The van der Waals surface area contributed by atoms with Gasteiger partial charge in [0.1, 0.15) is 0 Å². The molecule has 0 atom stereocenters. The van der Waals surface area contributed by atoms with Crippen LogP contribution in [0.25, 0.3) is 0 Å². The highest BCUT2D eigenvalue weighted by atomic mass is 16.4. The average molecular weight is 260 g/mol. The van der Waals surface area contributed by atoms with E-state index in [0.29, 0.717) is 19.3 Å². The quantitative estimate of drug-likeness (QED) is 0.863. The molecule has 0 unspecified atom stereocenters. The molecule has 5 heteroatoms. The Kier molecular flexibility index (Phi) is 2.69. The highest BCUT2D eigenvalue weighted by Crippen LogP contribution is 2.35. The Hall–Kier alpha value is -2.04. The van der Waals surface area contributed by atoms with Crippen molar-refractivity contribution in [2.24, 2.45) is 5.92 Å². The Bertz CT molecular complexity index is 550. The summed E-state index contributed by atoms with van der Waals surface area (Å²) < 4.78 is 0. The number of amides is 1. The van der Waals surface area contributed by atoms with Crippen LogP contribution in [0.2, 0.25) is 0 Å². The molecule has 1 saturated carbocycles. The van der Waals surface area contributed by atoms with Crippen LogP contribution in [0.5, 0.6) is 0 Å². The lowest BCUT2D eigenvalue weighted by Crippen LogP contribution is -2.45. The number of carbonyl (C=O) groups excluding carboxylic acids is 1. The fraction of sp³-hybridized carbons (Fsp3) is 0.429. The van der Waals surface area contributed by atoms with Crippen LogP contribution >= 0.6 is 0 Å². The molecule has 1 heterocycles. The van der Waals surface area contributed by atoms with E-state index in [2.05, 4.69) is 10.2 Å². The summed E-state index contributed by atoms with van der Waals surface area (Å²) in [5, 5.41) is 11.7. The van der Waals surface area contributed by atoms with Crippen LogP contribution in [0.3, 0.4) is 0 Å². The highest BCUT2D eigenvalue weighted by molar-refractivity contribution is 5.99. The second-order valence-electron chi connectivity index (χ2n) is 5.34. The highest BCUT2D eigenvalue weighted by Gasteiger charge is 2.37. The molecule has 0 saturated heterocycles. The Morgan fingerprint density at radius 2 is 2.16 bits per heavy atom. The molecule has 1 aromatic rings. The van der Waals surface area contributed by atoms with Gasteiger partial charge in [-0.05, 0) is 36.6 Å². The van der Waals surface area contributed by atoms with Crippen LogP contribution in [0, 0.1) is 5.92 Å². The predicted octanol–water partition coefficient (Wildman–Crippen LogP) is 1.48. The number of carboxylic acid groups (broad SMARTS) is 1. The first-order chi connectivity index (χ1) is 9.04. The van der Waals surface area contributed by atoms with Crippen LogP contribution in [0.4, 0.5) is 11.4 Å². The van der Waals surface area contributed by atoms with Gasteiger partial charge < -0.3 is 15.3 Å². The molecule has 1 fully saturated rings. The Labute approximate surface area is 111 Å². The first-order valence-corrected chi connectivity index (χ1v) is 6.43. The van der Waals surface area contributed by atoms with Crippen LogP contribution < -0.4 is 10.2 Å². The van der Waals surface area contributed by atoms with E-state index in [9.17, 15) is 9.59 Å². The minimum atomic E-state index is -0.701. The maximum Gasteiger partial charge on any atom is 0.306 e. The zero-order chi connectivity index (χ0) is 13.6. The molecule has 3 rings (SSSR count). The first-order valence-electron chi connectivity index (χ1n) is 6.43. The summed E-state index contributed by atoms with van der Waals surface area (Å²) in [5.74, 6) is -0.872. The number of hydrogen-bond acceptors (Lipinski definition) is 3. The monoisotopic (exact) mass is 260 g/mol. The van der Waals surface area contributed by atoms with E-state index in [0.717, 1.165) is 16.9 Å². The minimum Gasteiger partial charge on any atom is -0.481 e. The molecule has 19 heavy (non-hydrogen) atoms. The molecule has 100 valence electrons. The third kappa shape index (κ3) is 2.05. The molecule has 2 aliphatic rings. The number of fused-ring (bicyclic) bond motifs is 1. The summed E-state index contributed by atoms with van der Waals surface area (Å²) in [4.78, 5) is 24.2. The standard InChI is InChI=1S/C14H16N2O3/c1-16(11-5-9(6-11)14(18)19)10-2-3-12-8(4-10)7-13(17)15-12/h2-4,9,11H,5-7H2,1H3,(H,15,17)(H,18,19). The Morgan fingerprint density at radius 1 is 1.42 bits per heavy atom. The van der Waals surface area contributed by atoms with Gasteiger partial charge in [-0.3, -0.25) is 9.59 Å². The molecule has 1 aromatic carbocycles. The van der Waals surface area contributed by atoms with Gasteiger partial charge in [0.15, 0.2) is 0 Å². The smallest absolute Gasteiger partial charge is 0.306 e. The lowest BCUT2D eigenvalue weighted by Gasteiger charge is -2.40. The molecular weight excluding hydrogens is 244 g/mol. The predicted molar refractivity (Wildman–Crippen MR) is 71.3 cm³/mol. The number of benzene rings is 1. The minimum absolute atomic E-state index is 0.0318. The molecule has 0 spiro atoms. The zero-order valence-corrected chi connectivity index (χ0v) is 10.7. The van der Waals surface area contributed by atoms with Gasteiger partial charge in [0.05, 0.1) is 12.3 Å². The fourth-order valence-corrected chi connectivity index (χ4v) is 2.75. The molecule has 2 N–H and O–H groups in total. The summed E-state index contributed by atoms with van der Waals surface area (Å²) in [5.41, 5.74) is 2.95. The number of carbonyl (C=O) groups is 2. The van der Waals surface area contributed by atoms with E-state index in [1.807, 2.05) is 25.2 Å². The summed E-state index contributed by atoms with van der Waals surface area (Å²) in [6, 6.07) is 6.18. The summed E-state index contributed by atoms with van der Waals surface area (Å²) in [7, 11) is 1.98. The first kappa shape index (κ1) is 12.0. The van der Waals surface area contributed by atoms with Crippen molar-refractivity contribution in [1.29, 1.82) is 0 Å². The number of aliphatic carboxylic acids is 1. The molecule has 1 aliphatic carbocycles. The molecule has 1 aliphatic heterocycles. The lowest BCUT2D eigenvalue weighted by molar-refractivity contribution is -0.145. The van der Waals surface area contributed by atoms with Crippen molar-refractivity contribution in [3.05, 3.63) is 23.8 Å². The second kappa shape index (κ2) is 4.26. The largest absolute Gasteiger partial charge is 0.481 e. The van der Waals surface area contributed by atoms with E-state index >= 15 is 0 Å². The second-order valence-corrected chi connectivity index (χ2v) is 5.34. The van der Waals surface area contributed by atoms with E-state index in [1.54, 1.807) is 0 Å². The van der Waals surface area contributed by atoms with Crippen LogP contribution in [-0.2, 0) is 16.0 Å². The molecule has 0 aromatic heterocycles. The van der Waals surface area contributed by atoms with Gasteiger partial charge in [0, 0.05) is 24.5 Å². The Morgan fingerprint density at radius 3 is 2.84 bits per heavy atom. The normalized spacial score (nSPS) is 24.4. The summed E-state index contributed by atoms with van der Waals surface area (Å²) in [6.45, 7) is 0. The fourth-order valence-electron chi connectivity index (χ4n) is 2.75. The van der Waals surface area contributed by atoms with Crippen molar-refractivity contribution in [3.8, 4) is 0 Å². The van der Waals surface area contributed by atoms with Crippen molar-refractivity contribution < 1.29 is 14.7 Å². The van der Waals surface area contributed by atoms with E-state index < -0.39 is 5.97 Å². The number of nitrogens with zero attached hydrogens (tertiary/aromatic N) is 1. The topological polar surface area (TPSA) is 69.6 Å². The maximum absolute atomic E-state index is 11.3. The van der Waals surface area contributed by atoms with Crippen molar-refractivity contribution in [2.75, 3.05) is 17.3 Å². The van der Waals surface area contributed by atoms with Crippen molar-refractivity contribution in [3.63, 3.8) is 0 Å². The van der Waals surface area contributed by atoms with Crippen LogP contribution in [-0.4, -0.2) is 30.1 Å². The molecule has 0 bridgehead atoms. The van der Waals surface area contributed by atoms with Crippen molar-refractivity contribution in [2.45, 2.75) is 25.3 Å². The van der Waals surface area contributed by atoms with Gasteiger partial charge in [-0.15, -0.1) is 0 Å². The Balaban J connectivity index is 1.72. The molecule has 0 radical (unpaired) electrons. The number of anilines is 2. The molecule has 1 amide bonds. The third-order valence-corrected chi connectivity index (χ3v) is 4.13. The number of carboxylic acids is 1. The molecular formula is C14H16N2O3. The molecule has 5 nitrogen and oxygen atoms in total. The van der Waals surface area contributed by atoms with Gasteiger partial charge in [0.25, 0.3) is 0 Å². The summed E-state index contributed by atoms with van der Waals surface area (Å²) >= 11 is 0. The number of nitrogens with one attached hydrogen (secondary N) is 1. The van der Waals surface area contributed by atoms with E-state index in [1.165, 1.54) is 0 Å². The van der Waals surface area contributed by atoms with E-state index in [-0.39, 0.29) is 17.9 Å². The van der Waals surface area contributed by atoms with Crippen LogP contribution in [0.15, 0.2) is 18.2 Å². The number of hydrogen-bond donors (Lipinski definition) is 2.